The molecule has 2 aromatic carbocycles. The second kappa shape index (κ2) is 4.92. The smallest absolute Gasteiger partial charge is 0.198 e. The van der Waals surface area contributed by atoms with Crippen molar-refractivity contribution in [3.05, 3.63) is 89.2 Å². The van der Waals surface area contributed by atoms with Crippen LogP contribution in [0, 0.1) is 0 Å². The molecule has 3 aromatic rings. The molecular formula is C22H18N+. The third-order valence-electron chi connectivity index (χ3n) is 5.05. The molecule has 1 heteroatoms. The maximum Gasteiger partial charge on any atom is 0.208 e. The number of nitrogens with zero attached hydrogens (tertiary/aromatic N) is 1. The number of hydrogen-bond donors (Lipinski definition) is 0. The number of benzene rings is 2. The minimum atomic E-state index is 1.06. The molecular weight excluding hydrogens is 278 g/mol. The van der Waals surface area contributed by atoms with Crippen molar-refractivity contribution in [3.8, 4) is 11.1 Å². The van der Waals surface area contributed by atoms with Gasteiger partial charge >= 0.3 is 0 Å². The van der Waals surface area contributed by atoms with Crippen LogP contribution in [0.25, 0.3) is 22.8 Å². The summed E-state index contributed by atoms with van der Waals surface area (Å²) in [6, 6.07) is 22.2. The van der Waals surface area contributed by atoms with E-state index in [9.17, 15) is 0 Å². The summed E-state index contributed by atoms with van der Waals surface area (Å²) < 4.78 is 2.34. The van der Waals surface area contributed by atoms with Gasteiger partial charge in [0, 0.05) is 24.1 Å². The molecule has 0 atom stereocenters. The summed E-state index contributed by atoms with van der Waals surface area (Å²) in [6.07, 6.45) is 6.73. The van der Waals surface area contributed by atoms with Gasteiger partial charge in [0.05, 0.1) is 0 Å². The molecule has 110 valence electrons. The van der Waals surface area contributed by atoms with Gasteiger partial charge in [0.25, 0.3) is 0 Å². The van der Waals surface area contributed by atoms with E-state index in [2.05, 4.69) is 77.5 Å². The minimum Gasteiger partial charge on any atom is -0.198 e. The normalized spacial score (nSPS) is 16.3. The average Bonchev–Trinajstić information content (AvgIpc) is 3.16. The van der Waals surface area contributed by atoms with Gasteiger partial charge in [0.15, 0.2) is 12.7 Å². The molecule has 1 nitrogen and oxygen atoms in total. The van der Waals surface area contributed by atoms with Crippen molar-refractivity contribution < 1.29 is 4.57 Å². The second-order valence-corrected chi connectivity index (χ2v) is 6.45. The molecule has 0 unspecified atom stereocenters. The first-order valence-electron chi connectivity index (χ1n) is 8.29. The van der Waals surface area contributed by atoms with Gasteiger partial charge in [0.1, 0.15) is 0 Å². The van der Waals surface area contributed by atoms with E-state index in [0.29, 0.717) is 0 Å². The number of allylic oxidation sites excluding steroid dienone is 1. The molecule has 2 aliphatic rings. The minimum absolute atomic E-state index is 1.06. The van der Waals surface area contributed by atoms with Crippen molar-refractivity contribution >= 4 is 11.6 Å². The zero-order valence-electron chi connectivity index (χ0n) is 13.0. The van der Waals surface area contributed by atoms with Crippen LogP contribution in [0.5, 0.6) is 0 Å². The number of rotatable bonds is 1. The van der Waals surface area contributed by atoms with Crippen molar-refractivity contribution in [2.45, 2.75) is 19.4 Å². The third kappa shape index (κ3) is 2.04. The predicted octanol–water partition coefficient (Wildman–Crippen LogP) is 4.49. The first kappa shape index (κ1) is 12.8. The Balaban J connectivity index is 1.55. The Bertz CT molecular complexity index is 950. The third-order valence-corrected chi connectivity index (χ3v) is 5.05. The van der Waals surface area contributed by atoms with E-state index in [1.807, 2.05) is 0 Å². The molecule has 0 N–H and O–H groups in total. The lowest BCUT2D eigenvalue weighted by Gasteiger charge is -2.03. The fourth-order valence-electron chi connectivity index (χ4n) is 3.93. The van der Waals surface area contributed by atoms with Crippen LogP contribution in [-0.2, 0) is 13.0 Å². The zero-order chi connectivity index (χ0) is 15.2. The molecule has 0 saturated carbocycles. The Morgan fingerprint density at radius 1 is 0.826 bits per heavy atom. The molecule has 1 aliphatic heterocycles. The first-order chi connectivity index (χ1) is 11.4. The largest absolute Gasteiger partial charge is 0.208 e. The summed E-state index contributed by atoms with van der Waals surface area (Å²) in [4.78, 5) is 0. The Hall–Kier alpha value is -2.67. The van der Waals surface area contributed by atoms with Crippen LogP contribution in [0.1, 0.15) is 28.8 Å². The SMILES string of the molecule is C(=C1CC[n+]2ccccc21)c1ccc2c(c1)Cc1ccccc1-2. The number of aryl methyl sites for hydroxylation is 1. The zero-order valence-corrected chi connectivity index (χ0v) is 13.0. The van der Waals surface area contributed by atoms with Crippen LogP contribution >= 0.6 is 0 Å². The number of fused-ring (bicyclic) bond motifs is 4. The van der Waals surface area contributed by atoms with E-state index in [0.717, 1.165) is 19.4 Å². The summed E-state index contributed by atoms with van der Waals surface area (Å²) in [6.45, 7) is 1.10. The van der Waals surface area contributed by atoms with Gasteiger partial charge in [-0.05, 0) is 46.4 Å². The molecule has 2 heterocycles. The number of hydrogen-bond acceptors (Lipinski definition) is 0. The maximum atomic E-state index is 2.37. The molecule has 0 amide bonds. The van der Waals surface area contributed by atoms with Gasteiger partial charge in [-0.3, -0.25) is 0 Å². The molecule has 0 bridgehead atoms. The number of aromatic nitrogens is 1. The van der Waals surface area contributed by atoms with Crippen LogP contribution in [0.15, 0.2) is 66.9 Å². The van der Waals surface area contributed by atoms with Gasteiger partial charge < -0.3 is 0 Å². The summed E-state index contributed by atoms with van der Waals surface area (Å²) in [5.74, 6) is 0. The molecule has 0 saturated heterocycles. The second-order valence-electron chi connectivity index (χ2n) is 6.45. The van der Waals surface area contributed by atoms with Gasteiger partial charge in [-0.2, -0.15) is 4.57 Å². The average molecular weight is 296 g/mol. The monoisotopic (exact) mass is 296 g/mol. The van der Waals surface area contributed by atoms with Crippen molar-refractivity contribution in [1.29, 1.82) is 0 Å². The van der Waals surface area contributed by atoms with Crippen LogP contribution in [0.3, 0.4) is 0 Å². The highest BCUT2D eigenvalue weighted by molar-refractivity contribution is 5.83. The molecule has 0 radical (unpaired) electrons. The van der Waals surface area contributed by atoms with Gasteiger partial charge in [-0.1, -0.05) is 42.5 Å². The van der Waals surface area contributed by atoms with Crippen LogP contribution in [0.4, 0.5) is 0 Å². The maximum absolute atomic E-state index is 2.37. The van der Waals surface area contributed by atoms with Crippen LogP contribution in [-0.4, -0.2) is 0 Å². The fraction of sp³-hybridized carbons (Fsp3) is 0.136. The molecule has 1 aromatic heterocycles. The Morgan fingerprint density at radius 3 is 2.70 bits per heavy atom. The van der Waals surface area contributed by atoms with E-state index >= 15 is 0 Å². The summed E-state index contributed by atoms with van der Waals surface area (Å²) in [5.41, 5.74) is 9.85. The molecule has 23 heavy (non-hydrogen) atoms. The molecule has 0 spiro atoms. The Labute approximate surface area is 136 Å². The molecule has 5 rings (SSSR count). The topological polar surface area (TPSA) is 3.88 Å². The quantitative estimate of drug-likeness (QED) is 0.456. The van der Waals surface area contributed by atoms with Gasteiger partial charge in [0.2, 0.25) is 5.69 Å². The van der Waals surface area contributed by atoms with Gasteiger partial charge in [-0.15, -0.1) is 0 Å². The van der Waals surface area contributed by atoms with E-state index in [4.69, 9.17) is 0 Å². The molecule has 1 aliphatic carbocycles. The Morgan fingerprint density at radius 2 is 1.70 bits per heavy atom. The fourth-order valence-corrected chi connectivity index (χ4v) is 3.93. The van der Waals surface area contributed by atoms with Crippen molar-refractivity contribution in [2.24, 2.45) is 0 Å². The number of pyridine rings is 1. The van der Waals surface area contributed by atoms with Crippen molar-refractivity contribution in [2.75, 3.05) is 0 Å². The lowest BCUT2D eigenvalue weighted by molar-refractivity contribution is -0.689. The highest BCUT2D eigenvalue weighted by atomic mass is 15.0. The summed E-state index contributed by atoms with van der Waals surface area (Å²) in [5, 5.41) is 0. The highest BCUT2D eigenvalue weighted by Crippen LogP contribution is 2.37. The Kier molecular flexibility index (Phi) is 2.75. The van der Waals surface area contributed by atoms with E-state index in [1.165, 1.54) is 39.1 Å². The van der Waals surface area contributed by atoms with E-state index in [1.54, 1.807) is 0 Å². The van der Waals surface area contributed by atoms with Crippen molar-refractivity contribution in [3.63, 3.8) is 0 Å². The van der Waals surface area contributed by atoms with Crippen LogP contribution < -0.4 is 4.57 Å². The standard InChI is InChI=1S/C22H18N/c1-2-6-20-17(5-1)15-19-14-16(8-9-21(19)20)13-18-10-12-23-11-4-3-7-22(18)23/h1-9,11,13-14H,10,12,15H2/q+1. The first-order valence-corrected chi connectivity index (χ1v) is 8.29. The highest BCUT2D eigenvalue weighted by Gasteiger charge is 2.23. The van der Waals surface area contributed by atoms with Crippen molar-refractivity contribution in [1.82, 2.24) is 0 Å². The lowest BCUT2D eigenvalue weighted by Crippen LogP contribution is -2.31. The molecule has 0 fully saturated rings. The lowest BCUT2D eigenvalue weighted by atomic mass is 10.0. The summed E-state index contributed by atoms with van der Waals surface area (Å²) >= 11 is 0. The van der Waals surface area contributed by atoms with E-state index in [-0.39, 0.29) is 0 Å². The van der Waals surface area contributed by atoms with E-state index < -0.39 is 0 Å². The predicted molar refractivity (Wildman–Crippen MR) is 93.8 cm³/mol. The summed E-state index contributed by atoms with van der Waals surface area (Å²) in [7, 11) is 0. The van der Waals surface area contributed by atoms with Gasteiger partial charge in [-0.25, -0.2) is 0 Å². The van der Waals surface area contributed by atoms with Crippen LogP contribution in [0.2, 0.25) is 0 Å².